The second-order valence-electron chi connectivity index (χ2n) is 5.11. The van der Waals surface area contributed by atoms with Crippen LogP contribution in [0.5, 0.6) is 5.75 Å². The van der Waals surface area contributed by atoms with Crippen LogP contribution in [0.4, 0.5) is 4.39 Å². The van der Waals surface area contributed by atoms with E-state index in [4.69, 9.17) is 21.1 Å². The van der Waals surface area contributed by atoms with Gasteiger partial charge in [-0.1, -0.05) is 36.8 Å². The number of benzene rings is 1. The summed E-state index contributed by atoms with van der Waals surface area (Å²) in [6.45, 7) is 4.06. The number of hydrogen-bond donors (Lipinski definition) is 1. The molecule has 136 valence electrons. The molecular weight excluding hydrogens is 345 g/mol. The number of hydrogen-bond acceptors (Lipinski definition) is 3. The lowest BCUT2D eigenvalue weighted by atomic mass is 10.2. The number of ether oxygens (including phenoxy) is 2. The van der Waals surface area contributed by atoms with Crippen molar-refractivity contribution in [2.24, 2.45) is 0 Å². The summed E-state index contributed by atoms with van der Waals surface area (Å²) in [7, 11) is 1.56. The van der Waals surface area contributed by atoms with Gasteiger partial charge < -0.3 is 14.8 Å². The summed E-state index contributed by atoms with van der Waals surface area (Å²) in [5.41, 5.74) is 0.902. The quantitative estimate of drug-likeness (QED) is 0.519. The molecule has 0 aromatic heterocycles. The minimum absolute atomic E-state index is 0.130. The van der Waals surface area contributed by atoms with Gasteiger partial charge in [-0.2, -0.15) is 0 Å². The number of methoxy groups -OCH3 is 1. The Hall–Kier alpha value is -2.27. The van der Waals surface area contributed by atoms with Crippen molar-refractivity contribution in [1.29, 1.82) is 0 Å². The molecule has 1 aromatic carbocycles. The third-order valence-electron chi connectivity index (χ3n) is 3.20. The molecule has 0 aliphatic heterocycles. The maximum Gasteiger partial charge on any atom is 0.261 e. The van der Waals surface area contributed by atoms with Gasteiger partial charge in [-0.3, -0.25) is 4.79 Å². The Balaban J connectivity index is 2.71. The smallest absolute Gasteiger partial charge is 0.261 e. The Bertz CT molecular complexity index is 656. The van der Waals surface area contributed by atoms with Crippen LogP contribution in [0.2, 0.25) is 5.02 Å². The van der Waals surface area contributed by atoms with E-state index < -0.39 is 11.9 Å². The van der Waals surface area contributed by atoms with Crippen LogP contribution in [0.25, 0.3) is 0 Å². The predicted molar refractivity (Wildman–Crippen MR) is 98.2 cm³/mol. The molecule has 1 rings (SSSR count). The molecule has 0 saturated carbocycles. The predicted octanol–water partition coefficient (Wildman–Crippen LogP) is 4.42. The third-order valence-corrected chi connectivity index (χ3v) is 3.49. The maximum absolute atomic E-state index is 13.1. The Labute approximate surface area is 153 Å². The first-order valence-corrected chi connectivity index (χ1v) is 8.30. The Morgan fingerprint density at radius 1 is 1.44 bits per heavy atom. The van der Waals surface area contributed by atoms with Crippen molar-refractivity contribution >= 4 is 17.5 Å². The van der Waals surface area contributed by atoms with E-state index in [1.807, 2.05) is 32.1 Å². The van der Waals surface area contributed by atoms with Crippen molar-refractivity contribution in [3.63, 3.8) is 0 Å². The first kappa shape index (κ1) is 20.8. The average Bonchev–Trinajstić information content (AvgIpc) is 2.59. The van der Waals surface area contributed by atoms with Crippen molar-refractivity contribution in [3.8, 4) is 5.75 Å². The molecule has 0 bridgehead atoms. The SMILES string of the molecule is C\C=C/C(=C\C=C\OC)CNC(=O)C(CC)Oc1ccc(F)cc1Cl. The highest BCUT2D eigenvalue weighted by Gasteiger charge is 2.19. The fraction of sp³-hybridized carbons (Fsp3) is 0.316. The van der Waals surface area contributed by atoms with Gasteiger partial charge in [-0.15, -0.1) is 0 Å². The first-order valence-electron chi connectivity index (χ1n) is 7.92. The molecule has 25 heavy (non-hydrogen) atoms. The lowest BCUT2D eigenvalue weighted by molar-refractivity contribution is -0.127. The van der Waals surface area contributed by atoms with Crippen molar-refractivity contribution in [2.75, 3.05) is 13.7 Å². The third kappa shape index (κ3) is 7.44. The van der Waals surface area contributed by atoms with Gasteiger partial charge in [-0.05, 0) is 43.2 Å². The second-order valence-corrected chi connectivity index (χ2v) is 5.52. The van der Waals surface area contributed by atoms with Gasteiger partial charge >= 0.3 is 0 Å². The Kier molecular flexibility index (Phi) is 9.40. The van der Waals surface area contributed by atoms with Crippen LogP contribution in [0.1, 0.15) is 20.3 Å². The lowest BCUT2D eigenvalue weighted by Crippen LogP contribution is -2.38. The van der Waals surface area contributed by atoms with Crippen LogP contribution in [-0.4, -0.2) is 25.7 Å². The van der Waals surface area contributed by atoms with Gasteiger partial charge in [0.15, 0.2) is 6.10 Å². The highest BCUT2D eigenvalue weighted by Crippen LogP contribution is 2.26. The summed E-state index contributed by atoms with van der Waals surface area (Å²) in [4.78, 5) is 12.3. The molecule has 6 heteroatoms. The Morgan fingerprint density at radius 3 is 2.80 bits per heavy atom. The van der Waals surface area contributed by atoms with E-state index in [0.29, 0.717) is 13.0 Å². The van der Waals surface area contributed by atoms with E-state index in [9.17, 15) is 9.18 Å². The molecule has 1 unspecified atom stereocenters. The summed E-state index contributed by atoms with van der Waals surface area (Å²) in [6.07, 6.45) is 8.62. The monoisotopic (exact) mass is 367 g/mol. The minimum Gasteiger partial charge on any atom is -0.504 e. The van der Waals surface area contributed by atoms with Crippen molar-refractivity contribution in [1.82, 2.24) is 5.32 Å². The van der Waals surface area contributed by atoms with Crippen LogP contribution in [0, 0.1) is 5.82 Å². The number of rotatable bonds is 9. The standard InChI is InChI=1S/C19H23ClFNO3/c1-4-7-14(8-6-11-24-3)13-22-19(23)17(5-2)25-18-10-9-15(21)12-16(18)20/h4,6-12,17H,5,13H2,1-3H3,(H,22,23)/b7-4-,11-6+,14-8+. The molecular formula is C19H23ClFNO3. The zero-order chi connectivity index (χ0) is 18.7. The zero-order valence-electron chi connectivity index (χ0n) is 14.6. The molecule has 1 atom stereocenters. The van der Waals surface area contributed by atoms with Crippen molar-refractivity contribution in [2.45, 2.75) is 26.4 Å². The topological polar surface area (TPSA) is 47.6 Å². The highest BCUT2D eigenvalue weighted by molar-refractivity contribution is 6.32. The van der Waals surface area contributed by atoms with Gasteiger partial charge in [0.05, 0.1) is 18.4 Å². The van der Waals surface area contributed by atoms with Crippen LogP contribution in [-0.2, 0) is 9.53 Å². The van der Waals surface area contributed by atoms with Gasteiger partial charge in [0.1, 0.15) is 11.6 Å². The number of allylic oxidation sites excluding steroid dienone is 3. The lowest BCUT2D eigenvalue weighted by Gasteiger charge is -2.18. The van der Waals surface area contributed by atoms with E-state index in [2.05, 4.69) is 5.32 Å². The van der Waals surface area contributed by atoms with Crippen LogP contribution < -0.4 is 10.1 Å². The van der Waals surface area contributed by atoms with Crippen molar-refractivity contribution in [3.05, 3.63) is 65.2 Å². The summed E-state index contributed by atoms with van der Waals surface area (Å²) in [5.74, 6) is -0.452. The van der Waals surface area contributed by atoms with Crippen LogP contribution in [0.15, 0.2) is 54.3 Å². The molecule has 1 amide bonds. The fourth-order valence-corrected chi connectivity index (χ4v) is 2.19. The van der Waals surface area contributed by atoms with E-state index in [1.54, 1.807) is 19.4 Å². The van der Waals surface area contributed by atoms with Gasteiger partial charge in [0, 0.05) is 6.54 Å². The normalized spacial score (nSPS) is 13.2. The van der Waals surface area contributed by atoms with Crippen LogP contribution in [0.3, 0.4) is 0 Å². The largest absolute Gasteiger partial charge is 0.504 e. The molecule has 0 spiro atoms. The highest BCUT2D eigenvalue weighted by atomic mass is 35.5. The minimum atomic E-state index is -0.718. The summed E-state index contributed by atoms with van der Waals surface area (Å²) >= 11 is 5.94. The Morgan fingerprint density at radius 2 is 2.20 bits per heavy atom. The van der Waals surface area contributed by atoms with Gasteiger partial charge in [0.25, 0.3) is 5.91 Å². The number of halogens is 2. The number of carbonyl (C=O) groups is 1. The molecule has 1 aromatic rings. The molecule has 0 fully saturated rings. The molecule has 0 radical (unpaired) electrons. The van der Waals surface area contributed by atoms with Gasteiger partial charge in [0.2, 0.25) is 0 Å². The van der Waals surface area contributed by atoms with E-state index in [-0.39, 0.29) is 16.7 Å². The molecule has 0 aliphatic carbocycles. The number of amides is 1. The van der Waals surface area contributed by atoms with E-state index >= 15 is 0 Å². The van der Waals surface area contributed by atoms with Crippen molar-refractivity contribution < 1.29 is 18.7 Å². The summed E-state index contributed by atoms with van der Waals surface area (Å²) < 4.78 is 23.6. The summed E-state index contributed by atoms with van der Waals surface area (Å²) in [6, 6.07) is 3.80. The van der Waals surface area contributed by atoms with Crippen LogP contribution >= 0.6 is 11.6 Å². The average molecular weight is 368 g/mol. The molecule has 4 nitrogen and oxygen atoms in total. The first-order chi connectivity index (χ1) is 12.0. The maximum atomic E-state index is 13.1. The molecule has 0 saturated heterocycles. The molecule has 1 N–H and O–H groups in total. The summed E-state index contributed by atoms with van der Waals surface area (Å²) in [5, 5.41) is 2.95. The second kappa shape index (κ2) is 11.3. The molecule has 0 heterocycles. The number of carbonyl (C=O) groups excluding carboxylic acids is 1. The zero-order valence-corrected chi connectivity index (χ0v) is 15.3. The molecule has 0 aliphatic rings. The number of nitrogens with one attached hydrogen (secondary N) is 1. The van der Waals surface area contributed by atoms with Gasteiger partial charge in [-0.25, -0.2) is 4.39 Å². The fourth-order valence-electron chi connectivity index (χ4n) is 1.98. The van der Waals surface area contributed by atoms with E-state index in [0.717, 1.165) is 11.6 Å². The van der Waals surface area contributed by atoms with E-state index in [1.165, 1.54) is 12.1 Å².